The largest absolute Gasteiger partial charge is 0.334 e. The highest BCUT2D eigenvalue weighted by Gasteiger charge is 2.37. The first-order valence-electron chi connectivity index (χ1n) is 7.17. The molecule has 3 nitrogen and oxygen atoms in total. The lowest BCUT2D eigenvalue weighted by molar-refractivity contribution is -0.139. The fraction of sp³-hybridized carbons (Fsp3) is 0.667. The molecule has 2 N–H and O–H groups in total. The molecule has 1 aliphatic rings. The Balaban J connectivity index is 2.24. The number of amides is 1. The van der Waals surface area contributed by atoms with E-state index in [2.05, 4.69) is 25.3 Å². The van der Waals surface area contributed by atoms with Crippen LogP contribution in [0.3, 0.4) is 0 Å². The van der Waals surface area contributed by atoms with Gasteiger partial charge in [0.1, 0.15) is 0 Å². The van der Waals surface area contributed by atoms with E-state index in [-0.39, 0.29) is 11.9 Å². The summed E-state index contributed by atoms with van der Waals surface area (Å²) in [5.41, 5.74) is 6.83. The van der Waals surface area contributed by atoms with E-state index in [4.69, 9.17) is 5.73 Å². The predicted molar refractivity (Wildman–Crippen MR) is 80.3 cm³/mol. The van der Waals surface area contributed by atoms with Gasteiger partial charge in [-0.15, -0.1) is 11.3 Å². The lowest BCUT2D eigenvalue weighted by Gasteiger charge is -2.40. The smallest absolute Gasteiger partial charge is 0.242 e. The molecule has 0 aromatic carbocycles. The molecule has 1 aliphatic heterocycles. The van der Waals surface area contributed by atoms with Crippen LogP contribution in [-0.4, -0.2) is 22.9 Å². The first-order chi connectivity index (χ1) is 9.01. The summed E-state index contributed by atoms with van der Waals surface area (Å²) in [6.45, 7) is 6.89. The van der Waals surface area contributed by atoms with Gasteiger partial charge in [-0.3, -0.25) is 4.79 Å². The Bertz CT molecular complexity index is 453. The summed E-state index contributed by atoms with van der Waals surface area (Å²) in [5, 5.41) is 2.13. The van der Waals surface area contributed by atoms with E-state index in [1.165, 1.54) is 10.4 Å². The molecule has 0 radical (unpaired) electrons. The van der Waals surface area contributed by atoms with Crippen LogP contribution in [0.1, 0.15) is 56.5 Å². The lowest BCUT2D eigenvalue weighted by Crippen LogP contribution is -2.55. The van der Waals surface area contributed by atoms with Gasteiger partial charge in [-0.2, -0.15) is 0 Å². The standard InChI is InChI=1S/C15H24N2OS/c1-4-8-15(3,16)14(18)17-9-6-13-11(7-10-19-13)12(17)5-2/h7,10,12H,4-6,8-9,16H2,1-3H3. The summed E-state index contributed by atoms with van der Waals surface area (Å²) in [4.78, 5) is 16.2. The number of nitrogens with zero attached hydrogens (tertiary/aromatic N) is 1. The number of fused-ring (bicyclic) bond motifs is 1. The highest BCUT2D eigenvalue weighted by Crippen LogP contribution is 2.36. The van der Waals surface area contributed by atoms with Gasteiger partial charge in [0.2, 0.25) is 5.91 Å². The minimum absolute atomic E-state index is 0.109. The topological polar surface area (TPSA) is 46.3 Å². The van der Waals surface area contributed by atoms with Crippen molar-refractivity contribution in [3.8, 4) is 0 Å². The van der Waals surface area contributed by atoms with Crippen molar-refractivity contribution in [3.63, 3.8) is 0 Å². The molecule has 0 aliphatic carbocycles. The van der Waals surface area contributed by atoms with Crippen LogP contribution in [0, 0.1) is 0 Å². The van der Waals surface area contributed by atoms with E-state index in [0.29, 0.717) is 0 Å². The van der Waals surface area contributed by atoms with Crippen LogP contribution in [-0.2, 0) is 11.2 Å². The molecule has 1 aromatic heterocycles. The number of hydrogen-bond donors (Lipinski definition) is 1. The second-order valence-corrected chi connectivity index (χ2v) is 6.64. The van der Waals surface area contributed by atoms with Crippen LogP contribution in [0.5, 0.6) is 0 Å². The molecule has 1 amide bonds. The third-order valence-electron chi connectivity index (χ3n) is 4.00. The second-order valence-electron chi connectivity index (χ2n) is 5.64. The van der Waals surface area contributed by atoms with Crippen molar-refractivity contribution < 1.29 is 4.79 Å². The molecule has 0 spiro atoms. The van der Waals surface area contributed by atoms with E-state index in [1.54, 1.807) is 11.3 Å². The molecule has 2 atom stereocenters. The quantitative estimate of drug-likeness (QED) is 0.921. The van der Waals surface area contributed by atoms with Gasteiger partial charge in [-0.25, -0.2) is 0 Å². The first kappa shape index (κ1) is 14.5. The molecule has 0 bridgehead atoms. The number of hydrogen-bond acceptors (Lipinski definition) is 3. The third-order valence-corrected chi connectivity index (χ3v) is 5.00. The van der Waals surface area contributed by atoms with E-state index in [1.807, 2.05) is 11.8 Å². The Labute approximate surface area is 119 Å². The average Bonchev–Trinajstić information content (AvgIpc) is 2.84. The molecule has 4 heteroatoms. The van der Waals surface area contributed by atoms with Crippen molar-refractivity contribution in [1.29, 1.82) is 0 Å². The van der Waals surface area contributed by atoms with Gasteiger partial charge >= 0.3 is 0 Å². The minimum Gasteiger partial charge on any atom is -0.334 e. The summed E-state index contributed by atoms with van der Waals surface area (Å²) >= 11 is 1.81. The van der Waals surface area contributed by atoms with Crippen molar-refractivity contribution in [2.45, 2.75) is 58.0 Å². The highest BCUT2D eigenvalue weighted by atomic mass is 32.1. The monoisotopic (exact) mass is 280 g/mol. The second kappa shape index (κ2) is 5.63. The Morgan fingerprint density at radius 3 is 2.95 bits per heavy atom. The number of carbonyl (C=O) groups is 1. The van der Waals surface area contributed by atoms with Crippen molar-refractivity contribution in [1.82, 2.24) is 4.90 Å². The molecular formula is C15H24N2OS. The van der Waals surface area contributed by atoms with E-state index in [9.17, 15) is 4.79 Å². The predicted octanol–water partition coefficient (Wildman–Crippen LogP) is 3.10. The van der Waals surface area contributed by atoms with Crippen molar-refractivity contribution in [2.24, 2.45) is 5.73 Å². The van der Waals surface area contributed by atoms with Gasteiger partial charge < -0.3 is 10.6 Å². The molecule has 2 unspecified atom stereocenters. The molecule has 2 heterocycles. The van der Waals surface area contributed by atoms with Gasteiger partial charge in [0.15, 0.2) is 0 Å². The lowest BCUT2D eigenvalue weighted by atomic mass is 9.91. The summed E-state index contributed by atoms with van der Waals surface area (Å²) in [6, 6.07) is 2.38. The summed E-state index contributed by atoms with van der Waals surface area (Å²) in [7, 11) is 0. The third kappa shape index (κ3) is 2.70. The van der Waals surface area contributed by atoms with Crippen LogP contribution in [0.4, 0.5) is 0 Å². The normalized spacial score (nSPS) is 21.9. The fourth-order valence-corrected chi connectivity index (χ4v) is 3.96. The van der Waals surface area contributed by atoms with Crippen LogP contribution >= 0.6 is 11.3 Å². The summed E-state index contributed by atoms with van der Waals surface area (Å²) in [6.07, 6.45) is 3.61. The Morgan fingerprint density at radius 2 is 2.32 bits per heavy atom. The van der Waals surface area contributed by atoms with Crippen LogP contribution in [0.25, 0.3) is 0 Å². The summed E-state index contributed by atoms with van der Waals surface area (Å²) < 4.78 is 0. The van der Waals surface area contributed by atoms with Crippen LogP contribution < -0.4 is 5.73 Å². The SMILES string of the molecule is CCCC(C)(N)C(=O)N1CCc2sccc2C1CC. The zero-order chi connectivity index (χ0) is 14.0. The van der Waals surface area contributed by atoms with Gasteiger partial charge in [-0.05, 0) is 43.2 Å². The van der Waals surface area contributed by atoms with Gasteiger partial charge in [0.25, 0.3) is 0 Å². The molecule has 1 aromatic rings. The van der Waals surface area contributed by atoms with Gasteiger partial charge in [0.05, 0.1) is 11.6 Å². The van der Waals surface area contributed by atoms with Gasteiger partial charge in [0, 0.05) is 11.4 Å². The number of carbonyl (C=O) groups excluding carboxylic acids is 1. The van der Waals surface area contributed by atoms with Crippen molar-refractivity contribution >= 4 is 17.2 Å². The number of thiophene rings is 1. The maximum Gasteiger partial charge on any atom is 0.242 e. The molecule has 19 heavy (non-hydrogen) atoms. The Hall–Kier alpha value is -0.870. The maximum absolute atomic E-state index is 12.7. The number of nitrogens with two attached hydrogens (primary N) is 1. The van der Waals surface area contributed by atoms with Crippen molar-refractivity contribution in [2.75, 3.05) is 6.54 Å². The number of rotatable bonds is 4. The Morgan fingerprint density at radius 1 is 1.58 bits per heavy atom. The molecule has 106 valence electrons. The van der Waals surface area contributed by atoms with E-state index in [0.717, 1.165) is 32.2 Å². The minimum atomic E-state index is -0.726. The van der Waals surface area contributed by atoms with Gasteiger partial charge in [-0.1, -0.05) is 20.3 Å². The molecule has 0 saturated carbocycles. The average molecular weight is 280 g/mol. The molecule has 2 rings (SSSR count). The van der Waals surface area contributed by atoms with Crippen LogP contribution in [0.15, 0.2) is 11.4 Å². The molecule has 0 saturated heterocycles. The maximum atomic E-state index is 12.7. The zero-order valence-electron chi connectivity index (χ0n) is 12.1. The molecular weight excluding hydrogens is 256 g/mol. The fourth-order valence-electron chi connectivity index (χ4n) is 3.03. The Kier molecular flexibility index (Phi) is 4.31. The highest BCUT2D eigenvalue weighted by molar-refractivity contribution is 7.10. The van der Waals surface area contributed by atoms with Crippen LogP contribution in [0.2, 0.25) is 0 Å². The molecule has 0 fully saturated rings. The van der Waals surface area contributed by atoms with Crippen molar-refractivity contribution in [3.05, 3.63) is 21.9 Å². The first-order valence-corrected chi connectivity index (χ1v) is 8.05. The van der Waals surface area contributed by atoms with E-state index < -0.39 is 5.54 Å². The van der Waals surface area contributed by atoms with E-state index >= 15 is 0 Å². The zero-order valence-corrected chi connectivity index (χ0v) is 12.9. The summed E-state index contributed by atoms with van der Waals surface area (Å²) in [5.74, 6) is 0.109.